The maximum Gasteiger partial charge on any atom is 0.262 e. The average molecular weight is 394 g/mol. The molecule has 0 radical (unpaired) electrons. The summed E-state index contributed by atoms with van der Waals surface area (Å²) in [7, 11) is 0. The summed E-state index contributed by atoms with van der Waals surface area (Å²) < 4.78 is 24.3. The summed E-state index contributed by atoms with van der Waals surface area (Å²) in [4.78, 5) is 12.1. The number of carbonyl (C=O) groups is 1. The van der Waals surface area contributed by atoms with Crippen molar-refractivity contribution in [1.82, 2.24) is 0 Å². The van der Waals surface area contributed by atoms with Gasteiger partial charge in [0.05, 0.1) is 6.61 Å². The Bertz CT molecular complexity index is 931. The van der Waals surface area contributed by atoms with Crippen LogP contribution < -0.4 is 20.1 Å². The zero-order chi connectivity index (χ0) is 20.5. The van der Waals surface area contributed by atoms with E-state index >= 15 is 0 Å². The molecule has 0 fully saturated rings. The van der Waals surface area contributed by atoms with E-state index in [-0.39, 0.29) is 18.3 Å². The second kappa shape index (κ2) is 10.1. The molecule has 0 unspecified atom stereocenters. The molecular formula is C23H23FN2O3. The van der Waals surface area contributed by atoms with Crippen molar-refractivity contribution in [2.24, 2.45) is 0 Å². The number of amides is 1. The van der Waals surface area contributed by atoms with Crippen LogP contribution in [-0.2, 0) is 11.3 Å². The number of anilines is 2. The highest BCUT2D eigenvalue weighted by Gasteiger charge is 2.10. The molecule has 0 saturated carbocycles. The van der Waals surface area contributed by atoms with E-state index in [1.807, 2.05) is 49.4 Å². The molecule has 3 aromatic rings. The molecule has 0 saturated heterocycles. The number of hydrogen-bond acceptors (Lipinski definition) is 4. The van der Waals surface area contributed by atoms with Gasteiger partial charge in [0.15, 0.2) is 18.1 Å². The van der Waals surface area contributed by atoms with Crippen molar-refractivity contribution in [3.8, 4) is 11.5 Å². The van der Waals surface area contributed by atoms with Crippen molar-refractivity contribution in [3.63, 3.8) is 0 Å². The smallest absolute Gasteiger partial charge is 0.262 e. The lowest BCUT2D eigenvalue weighted by Gasteiger charge is -2.14. The molecule has 0 bridgehead atoms. The molecule has 150 valence electrons. The molecule has 0 aromatic heterocycles. The highest BCUT2D eigenvalue weighted by atomic mass is 19.1. The van der Waals surface area contributed by atoms with E-state index in [0.29, 0.717) is 30.3 Å². The number of hydrogen-bond donors (Lipinski definition) is 2. The standard InChI is InChI=1S/C23H23FN2O3/c1-2-28-22-14-17(15-25-19-11-9-18(24)10-12-19)8-13-21(22)29-16-23(27)26-20-6-4-3-5-7-20/h3-14,25H,2,15-16H2,1H3,(H,26,27). The number of benzene rings is 3. The Balaban J connectivity index is 1.59. The molecule has 0 heterocycles. The van der Waals surface area contributed by atoms with Gasteiger partial charge in [0.2, 0.25) is 0 Å². The van der Waals surface area contributed by atoms with E-state index in [1.54, 1.807) is 18.2 Å². The summed E-state index contributed by atoms with van der Waals surface area (Å²) in [5, 5.41) is 6.00. The van der Waals surface area contributed by atoms with E-state index < -0.39 is 0 Å². The lowest BCUT2D eigenvalue weighted by Crippen LogP contribution is -2.20. The van der Waals surface area contributed by atoms with Gasteiger partial charge in [-0.2, -0.15) is 0 Å². The third kappa shape index (κ3) is 6.24. The fourth-order valence-electron chi connectivity index (χ4n) is 2.68. The number of ether oxygens (including phenoxy) is 2. The second-order valence-corrected chi connectivity index (χ2v) is 6.28. The quantitative estimate of drug-likeness (QED) is 0.544. The van der Waals surface area contributed by atoms with E-state index in [1.165, 1.54) is 12.1 Å². The van der Waals surface area contributed by atoms with Gasteiger partial charge < -0.3 is 20.1 Å². The van der Waals surface area contributed by atoms with Crippen LogP contribution in [0.4, 0.5) is 15.8 Å². The lowest BCUT2D eigenvalue weighted by molar-refractivity contribution is -0.118. The summed E-state index contributed by atoms with van der Waals surface area (Å²) in [6.07, 6.45) is 0. The maximum absolute atomic E-state index is 13.0. The van der Waals surface area contributed by atoms with Crippen LogP contribution in [0.3, 0.4) is 0 Å². The molecule has 29 heavy (non-hydrogen) atoms. The van der Waals surface area contributed by atoms with Crippen LogP contribution in [0, 0.1) is 5.82 Å². The normalized spacial score (nSPS) is 10.3. The van der Waals surface area contributed by atoms with E-state index in [2.05, 4.69) is 10.6 Å². The first kappa shape index (κ1) is 20.2. The molecule has 6 heteroatoms. The third-order valence-corrected chi connectivity index (χ3v) is 4.07. The molecule has 3 rings (SSSR count). The molecule has 0 aliphatic rings. The van der Waals surface area contributed by atoms with E-state index in [4.69, 9.17) is 9.47 Å². The SMILES string of the molecule is CCOc1cc(CNc2ccc(F)cc2)ccc1OCC(=O)Nc1ccccc1. The Morgan fingerprint density at radius 2 is 1.66 bits per heavy atom. The summed E-state index contributed by atoms with van der Waals surface area (Å²) in [6, 6.07) is 20.9. The highest BCUT2D eigenvalue weighted by Crippen LogP contribution is 2.29. The fourth-order valence-corrected chi connectivity index (χ4v) is 2.68. The molecule has 5 nitrogen and oxygen atoms in total. The minimum absolute atomic E-state index is 0.123. The van der Waals surface area contributed by atoms with Gasteiger partial charge in [-0.15, -0.1) is 0 Å². The Hall–Kier alpha value is -3.54. The van der Waals surface area contributed by atoms with Gasteiger partial charge in [0.25, 0.3) is 5.91 Å². The number of halogens is 1. The molecule has 3 aromatic carbocycles. The molecule has 2 N–H and O–H groups in total. The van der Waals surface area contributed by atoms with E-state index in [9.17, 15) is 9.18 Å². The summed E-state index contributed by atoms with van der Waals surface area (Å²) in [5.74, 6) is 0.548. The maximum atomic E-state index is 13.0. The van der Waals surface area contributed by atoms with Crippen LogP contribution >= 0.6 is 0 Å². The molecule has 1 amide bonds. The van der Waals surface area contributed by atoms with Crippen molar-refractivity contribution >= 4 is 17.3 Å². The molecular weight excluding hydrogens is 371 g/mol. The van der Waals surface area contributed by atoms with Gasteiger partial charge in [0, 0.05) is 17.9 Å². The largest absolute Gasteiger partial charge is 0.490 e. The number of rotatable bonds is 9. The number of carbonyl (C=O) groups excluding carboxylic acids is 1. The van der Waals surface area contributed by atoms with Gasteiger partial charge in [-0.3, -0.25) is 4.79 Å². The summed E-state index contributed by atoms with van der Waals surface area (Å²) in [5.41, 5.74) is 2.51. The molecule has 0 atom stereocenters. The zero-order valence-electron chi connectivity index (χ0n) is 16.2. The fraction of sp³-hybridized carbons (Fsp3) is 0.174. The third-order valence-electron chi connectivity index (χ3n) is 4.07. The van der Waals surface area contributed by atoms with Crippen LogP contribution in [0.1, 0.15) is 12.5 Å². The minimum atomic E-state index is -0.271. The number of para-hydroxylation sites is 1. The monoisotopic (exact) mass is 394 g/mol. The van der Waals surface area contributed by atoms with Crippen LogP contribution in [0.15, 0.2) is 72.8 Å². The molecule has 0 aliphatic carbocycles. The lowest BCUT2D eigenvalue weighted by atomic mass is 10.2. The van der Waals surface area contributed by atoms with E-state index in [0.717, 1.165) is 11.3 Å². The van der Waals surface area contributed by atoms with Crippen LogP contribution in [0.2, 0.25) is 0 Å². The van der Waals surface area contributed by atoms with Crippen LogP contribution in [0.25, 0.3) is 0 Å². The first-order chi connectivity index (χ1) is 14.1. The molecule has 0 aliphatic heterocycles. The van der Waals surface area contributed by atoms with Crippen molar-refractivity contribution in [3.05, 3.63) is 84.2 Å². The topological polar surface area (TPSA) is 59.6 Å². The van der Waals surface area contributed by atoms with Crippen molar-refractivity contribution in [2.75, 3.05) is 23.8 Å². The van der Waals surface area contributed by atoms with Gasteiger partial charge in [-0.1, -0.05) is 24.3 Å². The summed E-state index contributed by atoms with van der Waals surface area (Å²) >= 11 is 0. The Morgan fingerprint density at radius 3 is 2.38 bits per heavy atom. The first-order valence-corrected chi connectivity index (χ1v) is 9.37. The van der Waals surface area contributed by atoms with Crippen molar-refractivity contribution in [2.45, 2.75) is 13.5 Å². The average Bonchev–Trinajstić information content (AvgIpc) is 2.73. The van der Waals surface area contributed by atoms with Crippen LogP contribution in [0.5, 0.6) is 11.5 Å². The van der Waals surface area contributed by atoms with Gasteiger partial charge in [-0.05, 0) is 61.0 Å². The first-order valence-electron chi connectivity index (χ1n) is 9.37. The highest BCUT2D eigenvalue weighted by molar-refractivity contribution is 5.91. The van der Waals surface area contributed by atoms with Gasteiger partial charge in [-0.25, -0.2) is 4.39 Å². The Labute approximate surface area is 169 Å². The molecule has 0 spiro atoms. The van der Waals surface area contributed by atoms with Crippen molar-refractivity contribution in [1.29, 1.82) is 0 Å². The predicted octanol–water partition coefficient (Wildman–Crippen LogP) is 4.85. The van der Waals surface area contributed by atoms with Gasteiger partial charge in [0.1, 0.15) is 5.82 Å². The van der Waals surface area contributed by atoms with Crippen LogP contribution in [-0.4, -0.2) is 19.1 Å². The second-order valence-electron chi connectivity index (χ2n) is 6.28. The zero-order valence-corrected chi connectivity index (χ0v) is 16.2. The number of nitrogens with one attached hydrogen (secondary N) is 2. The minimum Gasteiger partial charge on any atom is -0.490 e. The Kier molecular flexibility index (Phi) is 7.05. The van der Waals surface area contributed by atoms with Gasteiger partial charge >= 0.3 is 0 Å². The Morgan fingerprint density at radius 1 is 0.897 bits per heavy atom. The van der Waals surface area contributed by atoms with Crippen molar-refractivity contribution < 1.29 is 18.7 Å². The predicted molar refractivity (Wildman–Crippen MR) is 112 cm³/mol. The summed E-state index contributed by atoms with van der Waals surface area (Å²) in [6.45, 7) is 2.78.